The number of methoxy groups -OCH3 is 1. The van der Waals surface area contributed by atoms with Gasteiger partial charge in [0.2, 0.25) is 5.91 Å². The summed E-state index contributed by atoms with van der Waals surface area (Å²) in [5, 5.41) is 4.47. The zero-order valence-electron chi connectivity index (χ0n) is 20.0. The molecule has 1 amide bonds. The van der Waals surface area contributed by atoms with Crippen molar-refractivity contribution in [1.29, 1.82) is 0 Å². The van der Waals surface area contributed by atoms with Gasteiger partial charge >= 0.3 is 0 Å². The van der Waals surface area contributed by atoms with Crippen molar-refractivity contribution in [3.05, 3.63) is 59.8 Å². The molecule has 3 aromatic rings. The van der Waals surface area contributed by atoms with Gasteiger partial charge in [-0.15, -0.1) is 0 Å². The fourth-order valence-electron chi connectivity index (χ4n) is 4.79. The lowest BCUT2D eigenvalue weighted by Gasteiger charge is -2.33. The number of nitrogens with zero attached hydrogens (tertiary/aromatic N) is 2. The minimum Gasteiger partial charge on any atom is -0.496 e. The maximum Gasteiger partial charge on any atom is 0.248 e. The van der Waals surface area contributed by atoms with E-state index in [1.807, 2.05) is 24.3 Å². The van der Waals surface area contributed by atoms with Crippen molar-refractivity contribution in [3.63, 3.8) is 0 Å². The van der Waals surface area contributed by atoms with Crippen LogP contribution in [0.4, 0.5) is 5.69 Å². The molecular weight excluding hydrogens is 428 g/mol. The van der Waals surface area contributed by atoms with E-state index in [9.17, 15) is 9.59 Å². The Morgan fingerprint density at radius 3 is 2.62 bits per heavy atom. The number of hydrogen-bond acceptors (Lipinski definition) is 5. The number of primary amides is 1. The van der Waals surface area contributed by atoms with Crippen LogP contribution in [-0.2, 0) is 11.2 Å². The molecule has 0 bridgehead atoms. The molecule has 180 valence electrons. The van der Waals surface area contributed by atoms with Crippen LogP contribution in [0.25, 0.3) is 10.9 Å². The van der Waals surface area contributed by atoms with Crippen LogP contribution in [0, 0.1) is 0 Å². The number of aromatic nitrogens is 1. The number of nitrogens with one attached hydrogen (secondary N) is 1. The van der Waals surface area contributed by atoms with Crippen molar-refractivity contribution in [2.75, 3.05) is 38.6 Å². The normalized spacial score (nSPS) is 14.9. The van der Waals surface area contributed by atoms with Crippen LogP contribution in [0.3, 0.4) is 0 Å². The topological polar surface area (TPSA) is 89.6 Å². The Kier molecular flexibility index (Phi) is 7.53. The van der Waals surface area contributed by atoms with Gasteiger partial charge in [0.25, 0.3) is 0 Å². The van der Waals surface area contributed by atoms with Gasteiger partial charge < -0.3 is 25.3 Å². The lowest BCUT2D eigenvalue weighted by atomic mass is 10.0. The number of likely N-dealkylation sites (tertiary alicyclic amines) is 1. The van der Waals surface area contributed by atoms with Gasteiger partial charge in [-0.2, -0.15) is 0 Å². The van der Waals surface area contributed by atoms with Gasteiger partial charge in [-0.25, -0.2) is 0 Å². The van der Waals surface area contributed by atoms with E-state index in [-0.39, 0.29) is 5.78 Å². The Balaban J connectivity index is 1.35. The summed E-state index contributed by atoms with van der Waals surface area (Å²) in [7, 11) is 1.71. The second-order valence-corrected chi connectivity index (χ2v) is 9.09. The molecule has 7 nitrogen and oxygen atoms in total. The van der Waals surface area contributed by atoms with E-state index in [1.165, 1.54) is 5.56 Å². The Morgan fingerprint density at radius 2 is 1.91 bits per heavy atom. The number of hydrogen-bond donors (Lipinski definition) is 2. The number of amides is 1. The minimum absolute atomic E-state index is 0.186. The fraction of sp³-hybridized carbons (Fsp3) is 0.407. The molecule has 1 fully saturated rings. The molecule has 4 rings (SSSR count). The third-order valence-corrected chi connectivity index (χ3v) is 6.74. The van der Waals surface area contributed by atoms with E-state index in [0.29, 0.717) is 24.6 Å². The molecular formula is C27H34N4O3. The molecule has 0 aliphatic carbocycles. The van der Waals surface area contributed by atoms with E-state index in [4.69, 9.17) is 10.5 Å². The number of rotatable bonds is 10. The lowest BCUT2D eigenvalue weighted by molar-refractivity contribution is -0.116. The van der Waals surface area contributed by atoms with Gasteiger partial charge in [-0.1, -0.05) is 6.07 Å². The lowest BCUT2D eigenvalue weighted by Crippen LogP contribution is -2.35. The molecule has 7 heteroatoms. The second kappa shape index (κ2) is 10.7. The van der Waals surface area contributed by atoms with Crippen molar-refractivity contribution in [2.45, 2.75) is 38.6 Å². The Labute approximate surface area is 200 Å². The van der Waals surface area contributed by atoms with Gasteiger partial charge in [0.15, 0.2) is 0 Å². The van der Waals surface area contributed by atoms with Crippen LogP contribution in [0.5, 0.6) is 5.75 Å². The zero-order chi connectivity index (χ0) is 24.1. The highest BCUT2D eigenvalue weighted by Crippen LogP contribution is 2.29. The number of benzene rings is 2. The molecule has 3 N–H and O–H groups in total. The Bertz CT molecular complexity index is 1160. The number of ether oxygens (including phenoxy) is 1. The molecule has 0 atom stereocenters. The summed E-state index contributed by atoms with van der Waals surface area (Å²) >= 11 is 0. The van der Waals surface area contributed by atoms with E-state index >= 15 is 0 Å². The number of anilines is 1. The van der Waals surface area contributed by atoms with Crippen LogP contribution in [0.15, 0.2) is 48.7 Å². The van der Waals surface area contributed by atoms with Crippen molar-refractivity contribution >= 4 is 28.3 Å². The van der Waals surface area contributed by atoms with Crippen LogP contribution >= 0.6 is 0 Å². The summed E-state index contributed by atoms with van der Waals surface area (Å²) in [6.45, 7) is 5.28. The molecule has 34 heavy (non-hydrogen) atoms. The minimum atomic E-state index is -0.391. The highest BCUT2D eigenvalue weighted by Gasteiger charge is 2.22. The summed E-state index contributed by atoms with van der Waals surface area (Å²) in [6, 6.07) is 14.3. The first-order valence-corrected chi connectivity index (χ1v) is 12.0. The predicted octanol–water partition coefficient (Wildman–Crippen LogP) is 4.02. The van der Waals surface area contributed by atoms with Gasteiger partial charge in [-0.3, -0.25) is 9.59 Å². The molecule has 0 radical (unpaired) electrons. The number of Topliss-reactive ketones (excluding diaryl/α,β-unsaturated/α-hetero) is 1. The van der Waals surface area contributed by atoms with Crippen molar-refractivity contribution in [2.24, 2.45) is 5.73 Å². The summed E-state index contributed by atoms with van der Waals surface area (Å²) in [4.78, 5) is 25.3. The van der Waals surface area contributed by atoms with Crippen molar-refractivity contribution in [3.8, 4) is 5.75 Å². The third-order valence-electron chi connectivity index (χ3n) is 6.74. The van der Waals surface area contributed by atoms with Crippen LogP contribution in [0.1, 0.15) is 48.1 Å². The maximum absolute atomic E-state index is 11.6. The van der Waals surface area contributed by atoms with E-state index in [0.717, 1.165) is 61.2 Å². The van der Waals surface area contributed by atoms with Gasteiger partial charge in [0.1, 0.15) is 11.5 Å². The SMILES string of the molecule is COc1ccc(NCCC(C)=O)cc1CCN1CCC(n2ccc3ccc(C(N)=O)cc32)CC1. The molecule has 0 unspecified atom stereocenters. The smallest absolute Gasteiger partial charge is 0.248 e. The summed E-state index contributed by atoms with van der Waals surface area (Å²) < 4.78 is 7.88. The fourth-order valence-corrected chi connectivity index (χ4v) is 4.79. The number of fused-ring (bicyclic) bond motifs is 1. The average Bonchev–Trinajstić information content (AvgIpc) is 3.26. The summed E-state index contributed by atoms with van der Waals surface area (Å²) in [5.74, 6) is 0.694. The Morgan fingerprint density at radius 1 is 1.12 bits per heavy atom. The van der Waals surface area contributed by atoms with E-state index in [2.05, 4.69) is 33.1 Å². The monoisotopic (exact) mass is 462 g/mol. The molecule has 2 heterocycles. The number of piperidine rings is 1. The first-order chi connectivity index (χ1) is 16.4. The van der Waals surface area contributed by atoms with Crippen LogP contribution in [0.2, 0.25) is 0 Å². The average molecular weight is 463 g/mol. The highest BCUT2D eigenvalue weighted by atomic mass is 16.5. The first-order valence-electron chi connectivity index (χ1n) is 12.0. The third kappa shape index (κ3) is 5.59. The Hall–Kier alpha value is -3.32. The molecule has 1 aliphatic rings. The number of ketones is 1. The van der Waals surface area contributed by atoms with Gasteiger partial charge in [-0.05, 0) is 73.5 Å². The molecule has 0 saturated carbocycles. The molecule has 1 saturated heterocycles. The van der Waals surface area contributed by atoms with E-state index in [1.54, 1.807) is 20.1 Å². The highest BCUT2D eigenvalue weighted by molar-refractivity contribution is 5.97. The maximum atomic E-state index is 11.6. The van der Waals surface area contributed by atoms with Crippen molar-refractivity contribution in [1.82, 2.24) is 9.47 Å². The molecule has 2 aromatic carbocycles. The largest absolute Gasteiger partial charge is 0.496 e. The van der Waals surface area contributed by atoms with Crippen molar-refractivity contribution < 1.29 is 14.3 Å². The quantitative estimate of drug-likeness (QED) is 0.475. The van der Waals surface area contributed by atoms with Crippen LogP contribution in [-0.4, -0.2) is 54.4 Å². The van der Waals surface area contributed by atoms with Crippen LogP contribution < -0.4 is 15.8 Å². The van der Waals surface area contributed by atoms with Gasteiger partial charge in [0, 0.05) is 61.6 Å². The zero-order valence-corrected chi connectivity index (χ0v) is 20.0. The van der Waals surface area contributed by atoms with E-state index < -0.39 is 5.91 Å². The summed E-state index contributed by atoms with van der Waals surface area (Å²) in [5.41, 5.74) is 9.31. The number of carbonyl (C=O) groups excluding carboxylic acids is 2. The predicted molar refractivity (Wildman–Crippen MR) is 136 cm³/mol. The second-order valence-electron chi connectivity index (χ2n) is 9.09. The first kappa shape index (κ1) is 23.8. The molecule has 1 aromatic heterocycles. The molecule has 1 aliphatic heterocycles. The molecule has 0 spiro atoms. The number of carbonyl (C=O) groups is 2. The summed E-state index contributed by atoms with van der Waals surface area (Å²) in [6.07, 6.45) is 5.69. The number of nitrogens with two attached hydrogens (primary N) is 1. The standard InChI is InChI=1S/C27H34N4O3/c1-19(32)7-12-29-23-5-6-26(34-2)21(17-23)8-13-30-14-10-24(11-15-30)31-16-9-20-3-4-22(27(28)33)18-25(20)31/h3-6,9,16-18,24,29H,7-8,10-15H2,1-2H3,(H2,28,33). The van der Waals surface area contributed by atoms with Gasteiger partial charge in [0.05, 0.1) is 7.11 Å².